The highest BCUT2D eigenvalue weighted by Crippen LogP contribution is 2.49. The summed E-state index contributed by atoms with van der Waals surface area (Å²) in [6, 6.07) is 3.93. The molecule has 2 N–H and O–H groups in total. The summed E-state index contributed by atoms with van der Waals surface area (Å²) >= 11 is 1.57. The zero-order valence-electron chi connectivity index (χ0n) is 12.1. The van der Waals surface area contributed by atoms with Crippen LogP contribution in [0.15, 0.2) is 12.1 Å². The first-order valence-corrected chi connectivity index (χ1v) is 8.51. The molecule has 2 aliphatic carbocycles. The third-order valence-electron chi connectivity index (χ3n) is 4.74. The Kier molecular flexibility index (Phi) is 4.62. The van der Waals surface area contributed by atoms with Gasteiger partial charge in [0.15, 0.2) is 0 Å². The lowest BCUT2D eigenvalue weighted by Crippen LogP contribution is -2.26. The number of amides is 1. The fourth-order valence-electron chi connectivity index (χ4n) is 3.79. The molecule has 0 spiro atoms. The van der Waals surface area contributed by atoms with E-state index in [0.717, 1.165) is 21.6 Å². The van der Waals surface area contributed by atoms with Crippen LogP contribution in [0.1, 0.15) is 41.9 Å². The number of aliphatic hydroxyl groups excluding tert-OH is 1. The fraction of sp³-hybridized carbons (Fsp3) is 0.588. The molecule has 3 rings (SSSR count). The molecular weight excluding hydrogens is 282 g/mol. The third kappa shape index (κ3) is 3.66. The van der Waals surface area contributed by atoms with Gasteiger partial charge in [-0.25, -0.2) is 0 Å². The van der Waals surface area contributed by atoms with Crippen LogP contribution in [0.2, 0.25) is 0 Å². The quantitative estimate of drug-likeness (QED) is 0.840. The van der Waals surface area contributed by atoms with E-state index in [1.54, 1.807) is 11.3 Å². The van der Waals surface area contributed by atoms with E-state index in [1.165, 1.54) is 25.7 Å². The smallest absolute Gasteiger partial charge is 0.220 e. The summed E-state index contributed by atoms with van der Waals surface area (Å²) in [6.45, 7) is 0.471. The number of fused-ring (bicyclic) bond motifs is 2. The first-order valence-electron chi connectivity index (χ1n) is 7.69. The van der Waals surface area contributed by atoms with Gasteiger partial charge in [0, 0.05) is 11.3 Å². The second kappa shape index (κ2) is 6.64. The largest absolute Gasteiger partial charge is 0.384 e. The number of hydrogen-bond donors (Lipinski definition) is 2. The second-order valence-corrected chi connectivity index (χ2v) is 7.31. The average Bonchev–Trinajstić information content (AvgIpc) is 3.19. The Balaban J connectivity index is 1.44. The van der Waals surface area contributed by atoms with Crippen LogP contribution >= 0.6 is 11.3 Å². The highest BCUT2D eigenvalue weighted by atomic mass is 32.1. The van der Waals surface area contributed by atoms with Crippen LogP contribution in [-0.4, -0.2) is 17.6 Å². The number of nitrogens with one attached hydrogen (secondary N) is 1. The van der Waals surface area contributed by atoms with Crippen molar-refractivity contribution in [2.75, 3.05) is 6.61 Å². The molecule has 4 heteroatoms. The summed E-state index contributed by atoms with van der Waals surface area (Å²) < 4.78 is 0. The van der Waals surface area contributed by atoms with Crippen molar-refractivity contribution in [3.63, 3.8) is 0 Å². The van der Waals surface area contributed by atoms with E-state index in [0.29, 0.717) is 18.9 Å². The van der Waals surface area contributed by atoms with Crippen LogP contribution in [0, 0.1) is 29.6 Å². The highest BCUT2D eigenvalue weighted by molar-refractivity contribution is 7.12. The molecule has 2 fully saturated rings. The lowest BCUT2D eigenvalue weighted by atomic mass is 9.86. The Bertz CT molecular complexity index is 569. The van der Waals surface area contributed by atoms with E-state index in [-0.39, 0.29) is 12.5 Å². The number of aliphatic hydroxyl groups is 1. The van der Waals surface area contributed by atoms with Gasteiger partial charge in [-0.2, -0.15) is 0 Å². The van der Waals surface area contributed by atoms with Crippen molar-refractivity contribution in [3.8, 4) is 11.8 Å². The van der Waals surface area contributed by atoms with Crippen molar-refractivity contribution in [3.05, 3.63) is 21.9 Å². The Labute approximate surface area is 129 Å². The molecule has 2 saturated carbocycles. The lowest BCUT2D eigenvalue weighted by Gasteiger charge is -2.20. The number of carbonyl (C=O) groups is 1. The Morgan fingerprint density at radius 1 is 1.38 bits per heavy atom. The maximum Gasteiger partial charge on any atom is 0.220 e. The molecule has 0 aromatic carbocycles. The van der Waals surface area contributed by atoms with Crippen LogP contribution < -0.4 is 5.32 Å². The summed E-state index contributed by atoms with van der Waals surface area (Å²) in [5.41, 5.74) is 0. The molecule has 21 heavy (non-hydrogen) atoms. The molecule has 3 atom stereocenters. The van der Waals surface area contributed by atoms with Crippen molar-refractivity contribution in [2.45, 2.75) is 38.6 Å². The topological polar surface area (TPSA) is 49.3 Å². The van der Waals surface area contributed by atoms with Crippen molar-refractivity contribution in [1.29, 1.82) is 0 Å². The number of rotatable bonds is 4. The highest BCUT2D eigenvalue weighted by Gasteiger charge is 2.39. The van der Waals surface area contributed by atoms with Gasteiger partial charge >= 0.3 is 0 Å². The Morgan fingerprint density at radius 2 is 2.29 bits per heavy atom. The van der Waals surface area contributed by atoms with Gasteiger partial charge in [0.05, 0.1) is 11.4 Å². The van der Waals surface area contributed by atoms with Gasteiger partial charge in [-0.15, -0.1) is 11.3 Å². The number of hydrogen-bond acceptors (Lipinski definition) is 3. The van der Waals surface area contributed by atoms with Gasteiger partial charge in [0.1, 0.15) is 6.61 Å². The minimum Gasteiger partial charge on any atom is -0.384 e. The molecule has 1 heterocycles. The summed E-state index contributed by atoms with van der Waals surface area (Å²) in [5, 5.41) is 11.7. The zero-order valence-corrected chi connectivity index (χ0v) is 12.9. The molecular formula is C17H21NO2S. The minimum atomic E-state index is -0.118. The normalized spacial score (nSPS) is 26.4. The molecule has 0 saturated heterocycles. The summed E-state index contributed by atoms with van der Waals surface area (Å²) in [6.07, 6.45) is 6.04. The Hall–Kier alpha value is -1.31. The molecule has 1 aromatic rings. The van der Waals surface area contributed by atoms with Crippen LogP contribution in [0.5, 0.6) is 0 Å². The molecule has 0 aliphatic heterocycles. The maximum atomic E-state index is 12.1. The van der Waals surface area contributed by atoms with Gasteiger partial charge in [0.2, 0.25) is 5.91 Å². The molecule has 1 aromatic heterocycles. The van der Waals surface area contributed by atoms with Gasteiger partial charge in [0.25, 0.3) is 0 Å². The molecule has 2 bridgehead atoms. The van der Waals surface area contributed by atoms with Crippen LogP contribution in [0.4, 0.5) is 0 Å². The molecule has 3 nitrogen and oxygen atoms in total. The summed E-state index contributed by atoms with van der Waals surface area (Å²) in [5.74, 6) is 8.04. The minimum absolute atomic E-state index is 0.118. The van der Waals surface area contributed by atoms with Crippen molar-refractivity contribution >= 4 is 17.2 Å². The molecule has 0 radical (unpaired) electrons. The van der Waals surface area contributed by atoms with Crippen molar-refractivity contribution in [1.82, 2.24) is 5.32 Å². The van der Waals surface area contributed by atoms with Gasteiger partial charge in [-0.05, 0) is 49.1 Å². The Morgan fingerprint density at radius 3 is 3.00 bits per heavy atom. The van der Waals surface area contributed by atoms with Crippen LogP contribution in [-0.2, 0) is 11.3 Å². The van der Waals surface area contributed by atoms with Crippen molar-refractivity contribution in [2.24, 2.45) is 17.8 Å². The maximum absolute atomic E-state index is 12.1. The van der Waals surface area contributed by atoms with E-state index in [1.807, 2.05) is 12.1 Å². The van der Waals surface area contributed by atoms with E-state index in [4.69, 9.17) is 5.11 Å². The van der Waals surface area contributed by atoms with Gasteiger partial charge < -0.3 is 10.4 Å². The van der Waals surface area contributed by atoms with Crippen LogP contribution in [0.3, 0.4) is 0 Å². The molecule has 3 unspecified atom stereocenters. The standard InChI is InChI=1S/C17H21NO2S/c19-7-1-2-15-5-6-16(21-15)11-18-17(20)10-14-9-12-3-4-13(14)8-12/h5-6,12-14,19H,3-4,7-11H2,(H,18,20). The summed E-state index contributed by atoms with van der Waals surface area (Å²) in [4.78, 5) is 14.1. The SMILES string of the molecule is O=C(CC1CC2CCC1C2)NCc1ccc(C#CCO)s1. The summed E-state index contributed by atoms with van der Waals surface area (Å²) in [7, 11) is 0. The first kappa shape index (κ1) is 14.6. The first-order chi connectivity index (χ1) is 10.2. The predicted molar refractivity (Wildman–Crippen MR) is 83.7 cm³/mol. The monoisotopic (exact) mass is 303 g/mol. The third-order valence-corrected chi connectivity index (χ3v) is 5.74. The average molecular weight is 303 g/mol. The lowest BCUT2D eigenvalue weighted by molar-refractivity contribution is -0.122. The van der Waals surface area contributed by atoms with E-state index in [9.17, 15) is 4.79 Å². The second-order valence-electron chi connectivity index (χ2n) is 6.14. The van der Waals surface area contributed by atoms with E-state index in [2.05, 4.69) is 17.2 Å². The molecule has 112 valence electrons. The van der Waals surface area contributed by atoms with Gasteiger partial charge in [-0.1, -0.05) is 18.3 Å². The fourth-order valence-corrected chi connectivity index (χ4v) is 4.61. The number of carbonyl (C=O) groups excluding carboxylic acids is 1. The van der Waals surface area contributed by atoms with E-state index >= 15 is 0 Å². The molecule has 2 aliphatic rings. The van der Waals surface area contributed by atoms with Gasteiger partial charge in [-0.3, -0.25) is 4.79 Å². The molecule has 1 amide bonds. The number of thiophene rings is 1. The van der Waals surface area contributed by atoms with Crippen molar-refractivity contribution < 1.29 is 9.90 Å². The van der Waals surface area contributed by atoms with E-state index < -0.39 is 0 Å². The van der Waals surface area contributed by atoms with Crippen LogP contribution in [0.25, 0.3) is 0 Å². The predicted octanol–water partition coefficient (Wildman–Crippen LogP) is 2.53. The zero-order chi connectivity index (χ0) is 14.7.